The van der Waals surface area contributed by atoms with E-state index in [9.17, 15) is 5.26 Å². The van der Waals surface area contributed by atoms with Gasteiger partial charge in [-0.3, -0.25) is 15.0 Å². The normalized spacial score (nSPS) is 17.0. The third-order valence-corrected chi connectivity index (χ3v) is 7.97. The second kappa shape index (κ2) is 11.2. The van der Waals surface area contributed by atoms with Crippen LogP contribution in [0.5, 0.6) is 0 Å². The molecule has 0 fully saturated rings. The van der Waals surface area contributed by atoms with Gasteiger partial charge < -0.3 is 0 Å². The van der Waals surface area contributed by atoms with E-state index in [1.807, 2.05) is 103 Å². The van der Waals surface area contributed by atoms with Gasteiger partial charge in [0.1, 0.15) is 0 Å². The van der Waals surface area contributed by atoms with Gasteiger partial charge in [0.2, 0.25) is 0 Å². The molecule has 3 atom stereocenters. The summed E-state index contributed by atoms with van der Waals surface area (Å²) in [5, 5.41) is 9.72. The van der Waals surface area contributed by atoms with Gasteiger partial charge in [-0.1, -0.05) is 84.9 Å². The van der Waals surface area contributed by atoms with Gasteiger partial charge in [-0.15, -0.1) is 0 Å². The van der Waals surface area contributed by atoms with Crippen LogP contribution in [0.3, 0.4) is 0 Å². The molecule has 202 valence electrons. The third-order valence-electron chi connectivity index (χ3n) is 7.97. The Hall–Kier alpha value is -5.91. The van der Waals surface area contributed by atoms with Gasteiger partial charge in [-0.05, 0) is 65.2 Å². The van der Waals surface area contributed by atoms with Gasteiger partial charge in [-0.2, -0.15) is 5.26 Å². The summed E-state index contributed by atoms with van der Waals surface area (Å²) in [5.41, 5.74) is 9.30. The van der Waals surface area contributed by atoms with E-state index in [1.54, 1.807) is 0 Å². The van der Waals surface area contributed by atoms with Gasteiger partial charge in [-0.25, -0.2) is 4.85 Å². The van der Waals surface area contributed by atoms with Gasteiger partial charge in [0.25, 0.3) is 0 Å². The average Bonchev–Trinajstić information content (AvgIpc) is 3.06. The van der Waals surface area contributed by atoms with Crippen molar-refractivity contribution < 1.29 is 0 Å². The Kier molecular flexibility index (Phi) is 6.76. The minimum absolute atomic E-state index is 0.201. The van der Waals surface area contributed by atoms with Gasteiger partial charge in [0, 0.05) is 0 Å². The fourth-order valence-corrected chi connectivity index (χ4v) is 6.06. The van der Waals surface area contributed by atoms with Gasteiger partial charge >= 0.3 is 0 Å². The van der Waals surface area contributed by atoms with Crippen LogP contribution in [0.1, 0.15) is 74.2 Å². The molecule has 0 saturated carbocycles. The molecule has 0 saturated heterocycles. The van der Waals surface area contributed by atoms with E-state index in [2.05, 4.69) is 41.2 Å². The third kappa shape index (κ3) is 4.95. The van der Waals surface area contributed by atoms with Crippen LogP contribution in [0.2, 0.25) is 0 Å². The van der Waals surface area contributed by atoms with Crippen molar-refractivity contribution in [3.63, 3.8) is 0 Å². The Bertz CT molecular complexity index is 1910. The Morgan fingerprint density at radius 1 is 0.488 bits per heavy atom. The van der Waals surface area contributed by atoms with Crippen LogP contribution in [0.4, 0.5) is 5.69 Å². The number of nitriles is 1. The van der Waals surface area contributed by atoms with Crippen molar-refractivity contribution in [3.8, 4) is 6.07 Å². The number of hydrogen-bond donors (Lipinski definition) is 0. The molecule has 0 spiro atoms. The lowest BCUT2D eigenvalue weighted by atomic mass is 9.85. The van der Waals surface area contributed by atoms with E-state index >= 15 is 0 Å². The molecule has 7 rings (SSSR count). The molecule has 5 nitrogen and oxygen atoms in total. The Balaban J connectivity index is 1.55. The summed E-state index contributed by atoms with van der Waals surface area (Å²) in [4.78, 5) is 19.6. The van der Waals surface area contributed by atoms with Crippen LogP contribution in [-0.4, -0.2) is 15.0 Å². The second-order valence-electron chi connectivity index (χ2n) is 10.6. The summed E-state index contributed by atoms with van der Waals surface area (Å²) < 4.78 is 0. The number of hydrogen-bond acceptors (Lipinski definition) is 4. The molecule has 6 aromatic rings. The van der Waals surface area contributed by atoms with Gasteiger partial charge in [0.05, 0.1) is 70.1 Å². The zero-order valence-corrected chi connectivity index (χ0v) is 23.2. The van der Waals surface area contributed by atoms with Gasteiger partial charge in [0.15, 0.2) is 5.69 Å². The topological polar surface area (TPSA) is 66.8 Å². The molecule has 3 unspecified atom stereocenters. The summed E-state index contributed by atoms with van der Waals surface area (Å²) >= 11 is 0. The molecule has 0 radical (unpaired) electrons. The maximum absolute atomic E-state index is 9.72. The van der Waals surface area contributed by atoms with E-state index in [1.165, 1.54) is 0 Å². The van der Waals surface area contributed by atoms with Crippen molar-refractivity contribution in [3.05, 3.63) is 201 Å². The predicted molar refractivity (Wildman–Crippen MR) is 166 cm³/mol. The lowest BCUT2D eigenvalue weighted by Gasteiger charge is -2.25. The highest BCUT2D eigenvalue weighted by Gasteiger charge is 2.28. The number of benzene rings is 3. The molecule has 6 bridgehead atoms. The first-order valence-corrected chi connectivity index (χ1v) is 14.1. The van der Waals surface area contributed by atoms with Crippen molar-refractivity contribution >= 4 is 5.69 Å². The largest absolute Gasteiger partial charge is 0.256 e. The highest BCUT2D eigenvalue weighted by molar-refractivity contribution is 5.52. The molecule has 0 aliphatic carbocycles. The number of pyridine rings is 3. The van der Waals surface area contributed by atoms with Crippen LogP contribution in [0.15, 0.2) is 133 Å². The van der Waals surface area contributed by atoms with E-state index in [4.69, 9.17) is 21.5 Å². The van der Waals surface area contributed by atoms with Crippen molar-refractivity contribution in [1.29, 1.82) is 5.26 Å². The first kappa shape index (κ1) is 26.0. The molecule has 0 amide bonds. The van der Waals surface area contributed by atoms with Crippen LogP contribution >= 0.6 is 0 Å². The Morgan fingerprint density at radius 2 is 0.907 bits per heavy atom. The maximum atomic E-state index is 9.72. The molecular formula is C38H25N5. The minimum Gasteiger partial charge on any atom is -0.256 e. The number of fused-ring (bicyclic) bond motifs is 6. The summed E-state index contributed by atoms with van der Waals surface area (Å²) in [6.07, 6.45) is 0. The SMILES string of the molecule is [C-]#[N+]c1cccc(C2c3cccc(n3)C(c3ccccc3)c3cccc(n3)C(c3cccc(C#N)c3)c3cccc2n3)c1. The van der Waals surface area contributed by atoms with Crippen LogP contribution < -0.4 is 0 Å². The lowest BCUT2D eigenvalue weighted by Crippen LogP contribution is -2.17. The van der Waals surface area contributed by atoms with E-state index < -0.39 is 0 Å². The van der Waals surface area contributed by atoms with E-state index in [-0.39, 0.29) is 17.8 Å². The number of rotatable bonds is 3. The van der Waals surface area contributed by atoms with Crippen LogP contribution in [-0.2, 0) is 0 Å². The fraction of sp³-hybridized carbons (Fsp3) is 0.0789. The fourth-order valence-electron chi connectivity index (χ4n) is 6.06. The molecule has 0 N–H and O–H groups in total. The van der Waals surface area contributed by atoms with Crippen LogP contribution in [0, 0.1) is 17.9 Å². The summed E-state index contributed by atoms with van der Waals surface area (Å²) in [5.74, 6) is -0.798. The predicted octanol–water partition coefficient (Wildman–Crippen LogP) is 8.15. The molecule has 1 aliphatic rings. The Morgan fingerprint density at radius 3 is 1.40 bits per heavy atom. The molecular weight excluding hydrogens is 526 g/mol. The monoisotopic (exact) mass is 551 g/mol. The summed E-state index contributed by atoms with van der Waals surface area (Å²) in [6.45, 7) is 7.64. The standard InChI is InChI=1S/C38H25N5/c1-40-29-15-6-14-28(23-29)38-34-20-8-17-31(42-34)36(26-11-3-2-4-12-26)30-16-7-18-32(41-30)37(33-19-9-21-35(38)43-33)27-13-5-10-25(22-27)24-39/h2-23,36-38H. The zero-order valence-electron chi connectivity index (χ0n) is 23.2. The second-order valence-corrected chi connectivity index (χ2v) is 10.6. The number of aromatic nitrogens is 3. The highest BCUT2D eigenvalue weighted by atomic mass is 14.8. The van der Waals surface area contributed by atoms with E-state index in [0.29, 0.717) is 11.3 Å². The van der Waals surface area contributed by atoms with Crippen molar-refractivity contribution in [2.24, 2.45) is 0 Å². The molecule has 43 heavy (non-hydrogen) atoms. The molecule has 3 aromatic heterocycles. The lowest BCUT2D eigenvalue weighted by molar-refractivity contribution is 0.772. The van der Waals surface area contributed by atoms with Crippen molar-refractivity contribution in [2.75, 3.05) is 0 Å². The van der Waals surface area contributed by atoms with Crippen molar-refractivity contribution in [2.45, 2.75) is 17.8 Å². The van der Waals surface area contributed by atoms with Crippen molar-refractivity contribution in [1.82, 2.24) is 15.0 Å². The molecule has 4 heterocycles. The minimum atomic E-state index is -0.300. The quantitative estimate of drug-likeness (QED) is 0.208. The summed E-state index contributed by atoms with van der Waals surface area (Å²) in [6, 6.07) is 46.4. The molecule has 3 aromatic carbocycles. The van der Waals surface area contributed by atoms with E-state index in [0.717, 1.165) is 50.9 Å². The number of nitrogens with zero attached hydrogens (tertiary/aromatic N) is 5. The average molecular weight is 552 g/mol. The molecule has 1 aliphatic heterocycles. The highest BCUT2D eigenvalue weighted by Crippen LogP contribution is 2.38. The maximum Gasteiger partial charge on any atom is 0.187 e. The first-order chi connectivity index (χ1) is 21.2. The first-order valence-electron chi connectivity index (χ1n) is 14.1. The molecule has 5 heteroatoms. The zero-order chi connectivity index (χ0) is 29.2. The Labute approximate surface area is 250 Å². The summed E-state index contributed by atoms with van der Waals surface area (Å²) in [7, 11) is 0. The van der Waals surface area contributed by atoms with Crippen LogP contribution in [0.25, 0.3) is 4.85 Å². The smallest absolute Gasteiger partial charge is 0.187 e.